The third-order valence-corrected chi connectivity index (χ3v) is 2.67. The number of ether oxygens (including phenoxy) is 1. The lowest BCUT2D eigenvalue weighted by Gasteiger charge is -2.18. The second kappa shape index (κ2) is 7.65. The number of rotatable bonds is 6. The van der Waals surface area contributed by atoms with E-state index >= 15 is 0 Å². The number of carbonyl (C=O) groups is 1. The molecule has 0 heterocycles. The SMILES string of the molecule is CC#CCC(=O)C(N)C(C)OCc1ccccc1. The summed E-state index contributed by atoms with van der Waals surface area (Å²) in [6.07, 6.45) is -0.118. The van der Waals surface area contributed by atoms with Gasteiger partial charge < -0.3 is 10.5 Å². The van der Waals surface area contributed by atoms with Crippen LogP contribution in [-0.2, 0) is 16.1 Å². The zero-order chi connectivity index (χ0) is 13.4. The average Bonchev–Trinajstić information content (AvgIpc) is 2.42. The van der Waals surface area contributed by atoms with Gasteiger partial charge in [-0.05, 0) is 19.4 Å². The molecule has 0 saturated carbocycles. The maximum absolute atomic E-state index is 11.6. The van der Waals surface area contributed by atoms with Crippen molar-refractivity contribution in [2.75, 3.05) is 0 Å². The molecule has 18 heavy (non-hydrogen) atoms. The molecule has 0 aliphatic heterocycles. The Labute approximate surface area is 108 Å². The van der Waals surface area contributed by atoms with Crippen molar-refractivity contribution in [1.29, 1.82) is 0 Å². The number of carbonyl (C=O) groups excluding carboxylic acids is 1. The van der Waals surface area contributed by atoms with Gasteiger partial charge in [0.05, 0.1) is 25.2 Å². The lowest BCUT2D eigenvalue weighted by atomic mass is 10.1. The van der Waals surface area contributed by atoms with Crippen molar-refractivity contribution in [1.82, 2.24) is 0 Å². The van der Waals surface area contributed by atoms with Crippen LogP contribution in [0.3, 0.4) is 0 Å². The fraction of sp³-hybridized carbons (Fsp3) is 0.400. The highest BCUT2D eigenvalue weighted by atomic mass is 16.5. The first-order chi connectivity index (χ1) is 8.65. The molecular formula is C15H19NO2. The summed E-state index contributed by atoms with van der Waals surface area (Å²) in [6, 6.07) is 9.18. The van der Waals surface area contributed by atoms with Gasteiger partial charge in [-0.3, -0.25) is 4.79 Å². The predicted octanol–water partition coefficient (Wildman–Crippen LogP) is 1.90. The van der Waals surface area contributed by atoms with Gasteiger partial charge in [-0.25, -0.2) is 0 Å². The van der Waals surface area contributed by atoms with Crippen molar-refractivity contribution in [3.8, 4) is 11.8 Å². The summed E-state index contributed by atoms with van der Waals surface area (Å²) in [5.74, 6) is 5.33. The topological polar surface area (TPSA) is 52.3 Å². The van der Waals surface area contributed by atoms with E-state index in [1.165, 1.54) is 0 Å². The summed E-state index contributed by atoms with van der Waals surface area (Å²) in [7, 11) is 0. The van der Waals surface area contributed by atoms with Crippen LogP contribution in [0.1, 0.15) is 25.8 Å². The van der Waals surface area contributed by atoms with Crippen LogP contribution in [0.5, 0.6) is 0 Å². The monoisotopic (exact) mass is 245 g/mol. The summed E-state index contributed by atoms with van der Waals surface area (Å²) in [5, 5.41) is 0. The van der Waals surface area contributed by atoms with Gasteiger partial charge in [-0.15, -0.1) is 5.92 Å². The Kier molecular flexibility index (Phi) is 6.13. The number of hydrogen-bond acceptors (Lipinski definition) is 3. The van der Waals surface area contributed by atoms with Crippen molar-refractivity contribution < 1.29 is 9.53 Å². The van der Waals surface area contributed by atoms with Gasteiger partial charge in [0.25, 0.3) is 0 Å². The molecular weight excluding hydrogens is 226 g/mol. The van der Waals surface area contributed by atoms with Crippen LogP contribution in [0.2, 0.25) is 0 Å². The van der Waals surface area contributed by atoms with Crippen LogP contribution in [0, 0.1) is 11.8 Å². The number of nitrogens with two attached hydrogens (primary N) is 1. The highest BCUT2D eigenvalue weighted by molar-refractivity contribution is 5.86. The number of Topliss-reactive ketones (excluding diaryl/α,β-unsaturated/α-hetero) is 1. The Bertz CT molecular complexity index is 431. The summed E-state index contributed by atoms with van der Waals surface area (Å²) in [5.41, 5.74) is 6.89. The molecule has 1 rings (SSSR count). The van der Waals surface area contributed by atoms with Gasteiger partial charge >= 0.3 is 0 Å². The Morgan fingerprint density at radius 3 is 2.67 bits per heavy atom. The molecule has 96 valence electrons. The normalized spacial score (nSPS) is 13.3. The van der Waals surface area contributed by atoms with Crippen molar-refractivity contribution >= 4 is 5.78 Å². The van der Waals surface area contributed by atoms with E-state index in [1.807, 2.05) is 37.3 Å². The van der Waals surface area contributed by atoms with Crippen molar-refractivity contribution in [3.63, 3.8) is 0 Å². The molecule has 2 N–H and O–H groups in total. The molecule has 0 aliphatic rings. The molecule has 2 atom stereocenters. The van der Waals surface area contributed by atoms with E-state index in [4.69, 9.17) is 10.5 Å². The first-order valence-corrected chi connectivity index (χ1v) is 5.98. The molecule has 0 aromatic heterocycles. The fourth-order valence-electron chi connectivity index (χ4n) is 1.46. The third-order valence-electron chi connectivity index (χ3n) is 2.67. The van der Waals surface area contributed by atoms with Crippen LogP contribution in [0.15, 0.2) is 30.3 Å². The van der Waals surface area contributed by atoms with Crippen molar-refractivity contribution in [2.45, 2.75) is 39.0 Å². The number of ketones is 1. The molecule has 3 heteroatoms. The second-order valence-corrected chi connectivity index (χ2v) is 4.10. The standard InChI is InChI=1S/C15H19NO2/c1-3-4-10-14(17)15(16)12(2)18-11-13-8-6-5-7-9-13/h5-9,12,15H,10-11,16H2,1-2H3. The average molecular weight is 245 g/mol. The number of benzene rings is 1. The summed E-state index contributed by atoms with van der Waals surface area (Å²) >= 11 is 0. The van der Waals surface area contributed by atoms with Gasteiger partial charge in [0, 0.05) is 0 Å². The van der Waals surface area contributed by atoms with E-state index in [1.54, 1.807) is 6.92 Å². The van der Waals surface area contributed by atoms with Gasteiger partial charge in [0.1, 0.15) is 0 Å². The fourth-order valence-corrected chi connectivity index (χ4v) is 1.46. The van der Waals surface area contributed by atoms with Crippen LogP contribution in [0.4, 0.5) is 0 Å². The summed E-state index contributed by atoms with van der Waals surface area (Å²) in [6.45, 7) is 3.97. The van der Waals surface area contributed by atoms with Gasteiger partial charge in [0.2, 0.25) is 0 Å². The summed E-state index contributed by atoms with van der Waals surface area (Å²) in [4.78, 5) is 11.6. The predicted molar refractivity (Wildman–Crippen MR) is 71.7 cm³/mol. The highest BCUT2D eigenvalue weighted by Crippen LogP contribution is 2.06. The third kappa shape index (κ3) is 4.70. The van der Waals surface area contributed by atoms with Crippen molar-refractivity contribution in [2.24, 2.45) is 5.73 Å². The molecule has 3 nitrogen and oxygen atoms in total. The molecule has 0 radical (unpaired) electrons. The Hall–Kier alpha value is -1.63. The zero-order valence-electron chi connectivity index (χ0n) is 10.8. The van der Waals surface area contributed by atoms with Crippen molar-refractivity contribution in [3.05, 3.63) is 35.9 Å². The van der Waals surface area contributed by atoms with E-state index in [0.29, 0.717) is 6.61 Å². The Morgan fingerprint density at radius 1 is 1.39 bits per heavy atom. The molecule has 0 saturated heterocycles. The molecule has 0 spiro atoms. The lowest BCUT2D eigenvalue weighted by Crippen LogP contribution is -2.41. The molecule has 0 amide bonds. The molecule has 0 aliphatic carbocycles. The lowest BCUT2D eigenvalue weighted by molar-refractivity contribution is -0.122. The minimum absolute atomic E-state index is 0.0788. The van der Waals surface area contributed by atoms with E-state index < -0.39 is 6.04 Å². The highest BCUT2D eigenvalue weighted by Gasteiger charge is 2.20. The maximum atomic E-state index is 11.6. The molecule has 1 aromatic carbocycles. The van der Waals surface area contributed by atoms with Gasteiger partial charge in [-0.1, -0.05) is 36.3 Å². The van der Waals surface area contributed by atoms with Crippen LogP contribution in [0.25, 0.3) is 0 Å². The largest absolute Gasteiger partial charge is 0.372 e. The quantitative estimate of drug-likeness (QED) is 0.779. The van der Waals surface area contributed by atoms with Gasteiger partial charge in [-0.2, -0.15) is 0 Å². The zero-order valence-corrected chi connectivity index (χ0v) is 10.8. The molecule has 0 bridgehead atoms. The molecule has 0 fully saturated rings. The van der Waals surface area contributed by atoms with E-state index in [-0.39, 0.29) is 18.3 Å². The van der Waals surface area contributed by atoms with E-state index in [9.17, 15) is 4.79 Å². The minimum Gasteiger partial charge on any atom is -0.372 e. The Morgan fingerprint density at radius 2 is 2.06 bits per heavy atom. The second-order valence-electron chi connectivity index (χ2n) is 4.10. The maximum Gasteiger partial charge on any atom is 0.164 e. The van der Waals surface area contributed by atoms with E-state index in [0.717, 1.165) is 5.56 Å². The smallest absolute Gasteiger partial charge is 0.164 e. The van der Waals surface area contributed by atoms with E-state index in [2.05, 4.69) is 11.8 Å². The first kappa shape index (κ1) is 14.4. The van der Waals surface area contributed by atoms with Crippen LogP contribution < -0.4 is 5.73 Å². The first-order valence-electron chi connectivity index (χ1n) is 5.98. The molecule has 1 aromatic rings. The van der Waals surface area contributed by atoms with Crippen LogP contribution >= 0.6 is 0 Å². The van der Waals surface area contributed by atoms with Crippen LogP contribution in [-0.4, -0.2) is 17.9 Å². The summed E-state index contributed by atoms with van der Waals surface area (Å²) < 4.78 is 5.60. The molecule has 2 unspecified atom stereocenters. The number of hydrogen-bond donors (Lipinski definition) is 1. The Balaban J connectivity index is 2.42. The van der Waals surface area contributed by atoms with Gasteiger partial charge in [0.15, 0.2) is 5.78 Å². The minimum atomic E-state index is -0.616.